The van der Waals surface area contributed by atoms with E-state index >= 15 is 0 Å². The monoisotopic (exact) mass is 745 g/mol. The van der Waals surface area contributed by atoms with Crippen LogP contribution in [0.4, 0.5) is 17.1 Å². The maximum atomic E-state index is 7.09. The number of furan rings is 1. The molecule has 58 heavy (non-hydrogen) atoms. The van der Waals surface area contributed by atoms with Gasteiger partial charge in [-0.1, -0.05) is 177 Å². The van der Waals surface area contributed by atoms with E-state index in [-0.39, 0.29) is 0 Å². The van der Waals surface area contributed by atoms with Crippen LogP contribution in [0.15, 0.2) is 235 Å². The molecule has 1 aromatic heterocycles. The second-order valence-corrected chi connectivity index (χ2v) is 14.5. The van der Waals surface area contributed by atoms with Gasteiger partial charge in [-0.15, -0.1) is 0 Å². The Labute approximate surface area is 338 Å². The van der Waals surface area contributed by atoms with Crippen molar-refractivity contribution in [3.63, 3.8) is 0 Å². The van der Waals surface area contributed by atoms with E-state index in [1.54, 1.807) is 0 Å². The number of fused-ring (bicyclic) bond motifs is 6. The van der Waals surface area contributed by atoms with Crippen molar-refractivity contribution in [1.29, 1.82) is 0 Å². The second-order valence-electron chi connectivity index (χ2n) is 14.5. The Balaban J connectivity index is 1.20. The van der Waals surface area contributed by atoms with Crippen LogP contribution < -0.4 is 9.64 Å². The topological polar surface area (TPSA) is 25.6 Å². The molecule has 0 saturated heterocycles. The predicted octanol–water partition coefficient (Wildman–Crippen LogP) is 15.1. The minimum atomic E-state index is -0.588. The molecule has 0 bridgehead atoms. The number of benzene rings is 8. The average Bonchev–Trinajstić information content (AvgIpc) is 3.83. The molecule has 0 unspecified atom stereocenters. The van der Waals surface area contributed by atoms with Gasteiger partial charge in [0.15, 0.2) is 5.58 Å². The lowest BCUT2D eigenvalue weighted by atomic mass is 9.67. The summed E-state index contributed by atoms with van der Waals surface area (Å²) in [6.45, 7) is 8.43. The van der Waals surface area contributed by atoms with Gasteiger partial charge < -0.3 is 14.1 Å². The molecule has 0 atom stereocenters. The van der Waals surface area contributed by atoms with Gasteiger partial charge in [0.25, 0.3) is 0 Å². The molecule has 10 rings (SSSR count). The van der Waals surface area contributed by atoms with Crippen molar-refractivity contribution >= 4 is 39.0 Å². The molecule has 0 saturated carbocycles. The van der Waals surface area contributed by atoms with Crippen molar-refractivity contribution in [2.45, 2.75) is 5.41 Å². The molecule has 0 spiro atoms. The number of hydrogen-bond acceptors (Lipinski definition) is 3. The third-order valence-electron chi connectivity index (χ3n) is 11.4. The summed E-state index contributed by atoms with van der Waals surface area (Å²) in [5, 5.41) is 1.90. The maximum Gasteiger partial charge on any atom is 0.163 e. The summed E-state index contributed by atoms with van der Waals surface area (Å²) >= 11 is 0. The molecule has 0 radical (unpaired) electrons. The van der Waals surface area contributed by atoms with Gasteiger partial charge in [-0.2, -0.15) is 0 Å². The Morgan fingerprint density at radius 3 is 1.78 bits per heavy atom. The van der Waals surface area contributed by atoms with Gasteiger partial charge in [0, 0.05) is 22.3 Å². The predicted molar refractivity (Wildman–Crippen MR) is 241 cm³/mol. The summed E-state index contributed by atoms with van der Waals surface area (Å²) in [5.41, 5.74) is 13.1. The number of para-hydroxylation sites is 3. The summed E-state index contributed by atoms with van der Waals surface area (Å²) in [7, 11) is 0. The van der Waals surface area contributed by atoms with Gasteiger partial charge in [0.1, 0.15) is 17.1 Å². The molecule has 9 aromatic rings. The standard InChI is InChI=1S/C55H39NO2/c1-3-19-39(4-2)55(48-30-16-14-26-45(48)46-27-15-17-31-49(46)55)40-32-34-42(35-33-40)56(41-22-10-6-11-23-41)50-36-37-51(57-43-24-12-7-13-25-43)52-47-29-18-28-44(53(47)58-54(50)52)38-20-8-5-9-21-38/h3-37H,1-2H2/b39-19+. The maximum absolute atomic E-state index is 7.09. The molecule has 0 fully saturated rings. The third kappa shape index (κ3) is 5.51. The van der Waals surface area contributed by atoms with E-state index in [9.17, 15) is 0 Å². The quantitative estimate of drug-likeness (QED) is 0.130. The lowest BCUT2D eigenvalue weighted by Gasteiger charge is -2.35. The molecule has 1 aliphatic rings. The first-order valence-corrected chi connectivity index (χ1v) is 19.6. The molecule has 3 nitrogen and oxygen atoms in total. The third-order valence-corrected chi connectivity index (χ3v) is 11.4. The molecular formula is C55H39NO2. The van der Waals surface area contributed by atoms with Crippen LogP contribution in [-0.4, -0.2) is 0 Å². The van der Waals surface area contributed by atoms with Crippen molar-refractivity contribution in [1.82, 2.24) is 0 Å². The molecule has 3 heteroatoms. The number of rotatable bonds is 10. The fraction of sp³-hybridized carbons (Fsp3) is 0.0182. The summed E-state index contributed by atoms with van der Waals surface area (Å²) in [6.07, 6.45) is 5.93. The zero-order valence-electron chi connectivity index (χ0n) is 31.9. The Hall–Kier alpha value is -7.62. The Morgan fingerprint density at radius 1 is 0.534 bits per heavy atom. The van der Waals surface area contributed by atoms with Crippen LogP contribution in [0, 0.1) is 0 Å². The molecule has 0 aliphatic heterocycles. The fourth-order valence-electron chi connectivity index (χ4n) is 8.94. The van der Waals surface area contributed by atoms with E-state index < -0.39 is 5.41 Å². The van der Waals surface area contributed by atoms with Crippen LogP contribution in [-0.2, 0) is 5.41 Å². The summed E-state index contributed by atoms with van der Waals surface area (Å²) in [4.78, 5) is 2.28. The molecule has 0 amide bonds. The summed E-state index contributed by atoms with van der Waals surface area (Å²) in [6, 6.07) is 67.8. The number of anilines is 3. The minimum Gasteiger partial charge on any atom is -0.457 e. The van der Waals surface area contributed by atoms with Crippen LogP contribution in [0.25, 0.3) is 44.2 Å². The van der Waals surface area contributed by atoms with Crippen LogP contribution >= 0.6 is 0 Å². The van der Waals surface area contributed by atoms with E-state index in [2.05, 4.69) is 176 Å². The minimum absolute atomic E-state index is 0.588. The van der Waals surface area contributed by atoms with Crippen molar-refractivity contribution in [3.8, 4) is 33.8 Å². The lowest BCUT2D eigenvalue weighted by molar-refractivity contribution is 0.488. The molecular weight excluding hydrogens is 707 g/mol. The number of nitrogens with zero attached hydrogens (tertiary/aromatic N) is 1. The fourth-order valence-corrected chi connectivity index (χ4v) is 8.94. The molecule has 8 aromatic carbocycles. The number of hydrogen-bond donors (Lipinski definition) is 0. The summed E-state index contributed by atoms with van der Waals surface area (Å²) < 4.78 is 13.7. The highest BCUT2D eigenvalue weighted by molar-refractivity contribution is 6.16. The number of ether oxygens (including phenoxy) is 1. The van der Waals surface area contributed by atoms with Gasteiger partial charge in [0.05, 0.1) is 16.5 Å². The lowest BCUT2D eigenvalue weighted by Crippen LogP contribution is -2.29. The van der Waals surface area contributed by atoms with Crippen LogP contribution in [0.5, 0.6) is 11.5 Å². The zero-order valence-corrected chi connectivity index (χ0v) is 31.9. The van der Waals surface area contributed by atoms with E-state index in [0.29, 0.717) is 0 Å². The number of allylic oxidation sites excluding steroid dienone is 4. The Bertz CT molecular complexity index is 2950. The average molecular weight is 746 g/mol. The highest BCUT2D eigenvalue weighted by Crippen LogP contribution is 2.57. The Morgan fingerprint density at radius 2 is 1.12 bits per heavy atom. The van der Waals surface area contributed by atoms with Gasteiger partial charge in [-0.05, 0) is 87.5 Å². The molecule has 1 heterocycles. The van der Waals surface area contributed by atoms with Crippen LogP contribution in [0.3, 0.4) is 0 Å². The van der Waals surface area contributed by atoms with Crippen molar-refractivity contribution in [2.75, 3.05) is 4.90 Å². The van der Waals surface area contributed by atoms with Crippen LogP contribution in [0.2, 0.25) is 0 Å². The van der Waals surface area contributed by atoms with E-state index in [4.69, 9.17) is 9.15 Å². The van der Waals surface area contributed by atoms with Gasteiger partial charge >= 0.3 is 0 Å². The van der Waals surface area contributed by atoms with Crippen LogP contribution in [0.1, 0.15) is 16.7 Å². The van der Waals surface area contributed by atoms with Gasteiger partial charge in [0.2, 0.25) is 0 Å². The summed E-state index contributed by atoms with van der Waals surface area (Å²) in [5.74, 6) is 1.48. The first-order chi connectivity index (χ1) is 28.7. The second kappa shape index (κ2) is 14.5. The van der Waals surface area contributed by atoms with E-state index in [1.165, 1.54) is 22.3 Å². The molecule has 1 aliphatic carbocycles. The van der Waals surface area contributed by atoms with Crippen molar-refractivity contribution in [2.24, 2.45) is 0 Å². The zero-order chi connectivity index (χ0) is 39.1. The smallest absolute Gasteiger partial charge is 0.163 e. The van der Waals surface area contributed by atoms with Crippen molar-refractivity contribution < 1.29 is 9.15 Å². The Kier molecular flexibility index (Phi) is 8.69. The van der Waals surface area contributed by atoms with Crippen molar-refractivity contribution in [3.05, 3.63) is 248 Å². The van der Waals surface area contributed by atoms with E-state index in [0.717, 1.165) is 72.8 Å². The largest absolute Gasteiger partial charge is 0.457 e. The highest BCUT2D eigenvalue weighted by atomic mass is 16.5. The SMILES string of the molecule is C=C/C=C(\C=C)C1(c2ccc(N(c3ccccc3)c3ccc(Oc4ccccc4)c4c3oc3c(-c5ccccc5)cccc34)cc2)c2ccccc2-c2ccccc21. The normalized spacial score (nSPS) is 12.9. The first kappa shape index (κ1) is 34.8. The molecule has 0 N–H and O–H groups in total. The first-order valence-electron chi connectivity index (χ1n) is 19.6. The highest BCUT2D eigenvalue weighted by Gasteiger charge is 2.46. The van der Waals surface area contributed by atoms with Gasteiger partial charge in [-0.25, -0.2) is 0 Å². The van der Waals surface area contributed by atoms with Gasteiger partial charge in [-0.3, -0.25) is 0 Å². The van der Waals surface area contributed by atoms with E-state index in [1.807, 2.05) is 54.6 Å². The molecule has 276 valence electrons.